The quantitative estimate of drug-likeness (QED) is 0.328. The highest BCUT2D eigenvalue weighted by atomic mass is 16.4. The van der Waals surface area contributed by atoms with Gasteiger partial charge in [0.2, 0.25) is 0 Å². The van der Waals surface area contributed by atoms with Crippen molar-refractivity contribution in [3.8, 4) is 0 Å². The molecular formula is C28H31N3O3. The second-order valence-electron chi connectivity index (χ2n) is 9.13. The Morgan fingerprint density at radius 2 is 1.65 bits per heavy atom. The number of carboxylic acids is 1. The van der Waals surface area contributed by atoms with Crippen LogP contribution in [0, 0.1) is 0 Å². The van der Waals surface area contributed by atoms with Gasteiger partial charge in [0.15, 0.2) is 0 Å². The van der Waals surface area contributed by atoms with Gasteiger partial charge in [0.1, 0.15) is 0 Å². The van der Waals surface area contributed by atoms with Gasteiger partial charge in [-0.3, -0.25) is 9.78 Å². The Hall–Kier alpha value is -3.93. The number of aromatic nitrogens is 1. The highest BCUT2D eigenvalue weighted by molar-refractivity contribution is 6.00. The third-order valence-corrected chi connectivity index (χ3v) is 5.36. The number of urea groups is 1. The molecule has 0 saturated heterocycles. The minimum atomic E-state index is -0.804. The third-order valence-electron chi connectivity index (χ3n) is 5.36. The molecule has 0 aliphatic carbocycles. The monoisotopic (exact) mass is 457 g/mol. The molecule has 0 atom stereocenters. The lowest BCUT2D eigenvalue weighted by Crippen LogP contribution is -2.19. The Kier molecular flexibility index (Phi) is 8.19. The molecule has 2 aromatic carbocycles. The van der Waals surface area contributed by atoms with Crippen LogP contribution in [0.4, 0.5) is 16.2 Å². The van der Waals surface area contributed by atoms with Crippen molar-refractivity contribution in [1.29, 1.82) is 0 Å². The molecule has 3 aromatic rings. The van der Waals surface area contributed by atoms with Crippen LogP contribution >= 0.6 is 0 Å². The minimum Gasteiger partial charge on any atom is -0.481 e. The number of nitrogens with one attached hydrogen (secondary N) is 2. The van der Waals surface area contributed by atoms with Crippen LogP contribution in [0.3, 0.4) is 0 Å². The number of carbonyl (C=O) groups is 2. The van der Waals surface area contributed by atoms with Crippen LogP contribution in [0.2, 0.25) is 0 Å². The third kappa shape index (κ3) is 7.30. The Morgan fingerprint density at radius 3 is 2.29 bits per heavy atom. The van der Waals surface area contributed by atoms with Crippen molar-refractivity contribution in [2.24, 2.45) is 0 Å². The van der Waals surface area contributed by atoms with Gasteiger partial charge in [0.05, 0.1) is 0 Å². The number of hydrogen-bond acceptors (Lipinski definition) is 3. The summed E-state index contributed by atoms with van der Waals surface area (Å²) in [6.45, 7) is 6.44. The summed E-state index contributed by atoms with van der Waals surface area (Å²) in [5.74, 6) is -0.804. The van der Waals surface area contributed by atoms with E-state index < -0.39 is 5.97 Å². The molecule has 1 heterocycles. The van der Waals surface area contributed by atoms with Crippen LogP contribution in [0.15, 0.2) is 79.1 Å². The number of anilines is 2. The van der Waals surface area contributed by atoms with E-state index in [-0.39, 0.29) is 17.9 Å². The number of hydrogen-bond donors (Lipinski definition) is 3. The summed E-state index contributed by atoms with van der Waals surface area (Å²) in [5, 5.41) is 14.7. The van der Waals surface area contributed by atoms with Gasteiger partial charge in [0, 0.05) is 35.8 Å². The molecular weight excluding hydrogens is 426 g/mol. The smallest absolute Gasteiger partial charge is 0.323 e. The fourth-order valence-corrected chi connectivity index (χ4v) is 3.54. The number of unbranched alkanes of at least 4 members (excludes halogenated alkanes) is 1. The molecule has 0 aliphatic heterocycles. The van der Waals surface area contributed by atoms with Crippen LogP contribution in [0.1, 0.15) is 56.7 Å². The average Bonchev–Trinajstić information content (AvgIpc) is 2.79. The van der Waals surface area contributed by atoms with Crippen LogP contribution in [-0.4, -0.2) is 22.1 Å². The van der Waals surface area contributed by atoms with E-state index in [0.717, 1.165) is 22.4 Å². The maximum Gasteiger partial charge on any atom is 0.323 e. The van der Waals surface area contributed by atoms with Gasteiger partial charge < -0.3 is 15.7 Å². The molecule has 0 fully saturated rings. The Balaban J connectivity index is 1.74. The van der Waals surface area contributed by atoms with E-state index in [1.165, 1.54) is 5.56 Å². The second-order valence-corrected chi connectivity index (χ2v) is 9.13. The van der Waals surface area contributed by atoms with Gasteiger partial charge in [-0.15, -0.1) is 0 Å². The SMILES string of the molecule is CC(C)(C)c1ccc(NC(=O)Nc2cccc(C(=CCCCC(=O)O)c3cccnc3)c2)cc1. The maximum absolute atomic E-state index is 12.6. The zero-order valence-corrected chi connectivity index (χ0v) is 19.8. The highest BCUT2D eigenvalue weighted by Crippen LogP contribution is 2.27. The number of amides is 2. The molecule has 0 radical (unpaired) electrons. The van der Waals surface area contributed by atoms with Gasteiger partial charge in [-0.05, 0) is 65.3 Å². The minimum absolute atomic E-state index is 0.0500. The van der Waals surface area contributed by atoms with Crippen LogP contribution < -0.4 is 10.6 Å². The van der Waals surface area contributed by atoms with Crippen LogP contribution in [0.25, 0.3) is 5.57 Å². The predicted octanol–water partition coefficient (Wildman–Crippen LogP) is 6.71. The first kappa shape index (κ1) is 24.7. The molecule has 3 rings (SSSR count). The van der Waals surface area contributed by atoms with E-state index in [9.17, 15) is 9.59 Å². The molecule has 6 heteroatoms. The fraction of sp³-hybridized carbons (Fsp3) is 0.250. The zero-order valence-electron chi connectivity index (χ0n) is 19.8. The largest absolute Gasteiger partial charge is 0.481 e. The number of carboxylic acid groups (broad SMARTS) is 1. The van der Waals surface area contributed by atoms with E-state index in [2.05, 4.69) is 36.4 Å². The summed E-state index contributed by atoms with van der Waals surface area (Å²) in [5.41, 5.74) is 5.41. The van der Waals surface area contributed by atoms with E-state index in [0.29, 0.717) is 18.5 Å². The molecule has 2 amide bonds. The summed E-state index contributed by atoms with van der Waals surface area (Å²) >= 11 is 0. The van der Waals surface area contributed by atoms with Crippen molar-refractivity contribution >= 4 is 28.9 Å². The molecule has 1 aromatic heterocycles. The van der Waals surface area contributed by atoms with Crippen LogP contribution in [0.5, 0.6) is 0 Å². The number of rotatable bonds is 8. The van der Waals surface area contributed by atoms with Crippen molar-refractivity contribution < 1.29 is 14.7 Å². The Bertz CT molecular complexity index is 1150. The molecule has 34 heavy (non-hydrogen) atoms. The van der Waals surface area contributed by atoms with E-state index in [4.69, 9.17) is 5.11 Å². The van der Waals surface area contributed by atoms with E-state index in [1.807, 2.05) is 66.7 Å². The Morgan fingerprint density at radius 1 is 0.941 bits per heavy atom. The predicted molar refractivity (Wildman–Crippen MR) is 137 cm³/mol. The fourth-order valence-electron chi connectivity index (χ4n) is 3.54. The molecule has 6 nitrogen and oxygen atoms in total. The first-order valence-electron chi connectivity index (χ1n) is 11.3. The highest BCUT2D eigenvalue weighted by Gasteiger charge is 2.13. The molecule has 0 spiro atoms. The number of aliphatic carboxylic acids is 1. The molecule has 0 aliphatic rings. The molecule has 0 unspecified atom stereocenters. The van der Waals surface area contributed by atoms with Gasteiger partial charge in [-0.1, -0.05) is 57.2 Å². The lowest BCUT2D eigenvalue weighted by Gasteiger charge is -2.19. The van der Waals surface area contributed by atoms with Crippen molar-refractivity contribution in [2.45, 2.75) is 45.4 Å². The number of nitrogens with zero attached hydrogens (tertiary/aromatic N) is 1. The van der Waals surface area contributed by atoms with E-state index >= 15 is 0 Å². The lowest BCUT2D eigenvalue weighted by atomic mass is 9.87. The molecule has 176 valence electrons. The van der Waals surface area contributed by atoms with Gasteiger partial charge in [0.25, 0.3) is 0 Å². The van der Waals surface area contributed by atoms with Crippen molar-refractivity contribution in [1.82, 2.24) is 4.98 Å². The zero-order chi connectivity index (χ0) is 24.6. The van der Waals surface area contributed by atoms with Gasteiger partial charge in [-0.2, -0.15) is 0 Å². The molecule has 3 N–H and O–H groups in total. The average molecular weight is 458 g/mol. The summed E-state index contributed by atoms with van der Waals surface area (Å²) in [6, 6.07) is 18.9. The first-order valence-corrected chi connectivity index (χ1v) is 11.3. The number of carbonyl (C=O) groups excluding carboxylic acids is 1. The van der Waals surface area contributed by atoms with Crippen molar-refractivity contribution in [3.05, 3.63) is 95.8 Å². The number of benzene rings is 2. The second kappa shape index (κ2) is 11.3. The number of pyridine rings is 1. The van der Waals surface area contributed by atoms with Gasteiger partial charge >= 0.3 is 12.0 Å². The molecule has 0 bridgehead atoms. The maximum atomic E-state index is 12.6. The van der Waals surface area contributed by atoms with Crippen LogP contribution in [-0.2, 0) is 10.2 Å². The standard InChI is InChI=1S/C28H31N3O3/c1-28(2,3)22-13-15-23(16-14-22)30-27(34)31-24-10-6-8-20(18-24)25(11-4-5-12-26(32)33)21-9-7-17-29-19-21/h6-11,13-19H,4-5,12H2,1-3H3,(H,32,33)(H2,30,31,34). The summed E-state index contributed by atoms with van der Waals surface area (Å²) in [7, 11) is 0. The van der Waals surface area contributed by atoms with Crippen molar-refractivity contribution in [2.75, 3.05) is 10.6 Å². The van der Waals surface area contributed by atoms with Gasteiger partial charge in [-0.25, -0.2) is 4.79 Å². The normalized spacial score (nSPS) is 11.7. The van der Waals surface area contributed by atoms with Crippen molar-refractivity contribution in [3.63, 3.8) is 0 Å². The Labute approximate surface area is 200 Å². The summed E-state index contributed by atoms with van der Waals surface area (Å²) in [6.07, 6.45) is 6.80. The summed E-state index contributed by atoms with van der Waals surface area (Å²) < 4.78 is 0. The summed E-state index contributed by atoms with van der Waals surface area (Å²) in [4.78, 5) is 27.6. The number of allylic oxidation sites excluding steroid dienone is 1. The topological polar surface area (TPSA) is 91.3 Å². The lowest BCUT2D eigenvalue weighted by molar-refractivity contribution is -0.137. The first-order chi connectivity index (χ1) is 16.2. The molecule has 0 saturated carbocycles. The van der Waals surface area contributed by atoms with E-state index in [1.54, 1.807) is 12.4 Å².